The Morgan fingerprint density at radius 3 is 2.10 bits per heavy atom. The first kappa shape index (κ1) is 28.4. The molecule has 166 valence electrons. The second kappa shape index (κ2) is 13.6. The molecule has 9 heteroatoms. The van der Waals surface area contributed by atoms with Crippen LogP contribution in [0.25, 0.3) is 10.9 Å². The van der Waals surface area contributed by atoms with Gasteiger partial charge in [-0.2, -0.15) is 0 Å². The average molecular weight is 552 g/mol. The molecule has 1 heterocycles. The van der Waals surface area contributed by atoms with Crippen LogP contribution in [0.4, 0.5) is 14.5 Å². The number of rotatable bonds is 2. The van der Waals surface area contributed by atoms with E-state index < -0.39 is 6.10 Å². The molecule has 0 atom stereocenters. The minimum Gasteiger partial charge on any atom is -0.398 e. The summed E-state index contributed by atoms with van der Waals surface area (Å²) in [4.78, 5) is 4.13. The second-order valence-electron chi connectivity index (χ2n) is 5.99. The van der Waals surface area contributed by atoms with Gasteiger partial charge in [0.1, 0.15) is 17.7 Å². The average Bonchev–Trinajstić information content (AvgIpc) is 2.70. The quantitative estimate of drug-likeness (QED) is 0.340. The number of aliphatic hydroxyl groups excluding tert-OH is 3. The Bertz CT molecular complexity index is 932. The molecule has 0 fully saturated rings. The van der Waals surface area contributed by atoms with Crippen molar-refractivity contribution < 1.29 is 24.1 Å². The van der Waals surface area contributed by atoms with Crippen molar-refractivity contribution in [2.45, 2.75) is 27.4 Å². The molecular formula is C21H26Br2F2N2O3. The molecule has 0 aliphatic carbocycles. The molecule has 0 spiro atoms. The van der Waals surface area contributed by atoms with Gasteiger partial charge in [-0.3, -0.25) is 4.98 Å². The van der Waals surface area contributed by atoms with E-state index in [4.69, 9.17) is 21.1 Å². The Hall–Kier alpha value is -1.65. The van der Waals surface area contributed by atoms with Gasteiger partial charge in [-0.15, -0.1) is 0 Å². The predicted octanol–water partition coefficient (Wildman–Crippen LogP) is 4.89. The first-order chi connectivity index (χ1) is 13.6. The van der Waals surface area contributed by atoms with Crippen molar-refractivity contribution in [3.8, 4) is 0 Å². The van der Waals surface area contributed by atoms with Crippen LogP contribution in [0.3, 0.4) is 0 Å². The highest BCUT2D eigenvalue weighted by atomic mass is 79.9. The van der Waals surface area contributed by atoms with E-state index in [9.17, 15) is 8.78 Å². The standard InChI is InChI=1S/C10H7BrFN.C7H7BrFN.C3H8O3.CH4/c1-6-9(12)5-8(11)7-3-2-4-13-10(6)7;1-4-6(9)2-5(8)3-7(4)10;4-1-3(6)2-5;/h2-5H,1H3;2-3H,10H2,1H3;3-6H,1-2H2;1H4. The van der Waals surface area contributed by atoms with Gasteiger partial charge in [0.05, 0.1) is 18.7 Å². The van der Waals surface area contributed by atoms with Crippen LogP contribution in [0.1, 0.15) is 18.6 Å². The Morgan fingerprint density at radius 1 is 1.03 bits per heavy atom. The van der Waals surface area contributed by atoms with Crippen molar-refractivity contribution in [3.05, 3.63) is 68.2 Å². The number of aromatic nitrogens is 1. The fourth-order valence-electron chi connectivity index (χ4n) is 2.03. The molecule has 0 bridgehead atoms. The third-order valence-electron chi connectivity index (χ3n) is 3.80. The Labute approximate surface area is 191 Å². The fraction of sp³-hybridized carbons (Fsp3) is 0.286. The van der Waals surface area contributed by atoms with Crippen molar-refractivity contribution >= 4 is 48.5 Å². The van der Waals surface area contributed by atoms with Crippen molar-refractivity contribution in [3.63, 3.8) is 0 Å². The number of nitrogens with zero attached hydrogens (tertiary/aromatic N) is 1. The van der Waals surface area contributed by atoms with E-state index in [-0.39, 0.29) is 32.3 Å². The highest BCUT2D eigenvalue weighted by molar-refractivity contribution is 9.11. The molecule has 2 aromatic carbocycles. The third kappa shape index (κ3) is 8.23. The lowest BCUT2D eigenvalue weighted by atomic mass is 10.1. The zero-order valence-electron chi connectivity index (χ0n) is 15.8. The third-order valence-corrected chi connectivity index (χ3v) is 4.92. The van der Waals surface area contributed by atoms with E-state index in [0.717, 1.165) is 15.4 Å². The number of fused-ring (bicyclic) bond motifs is 1. The lowest BCUT2D eigenvalue weighted by molar-refractivity contribution is 0.0450. The van der Waals surface area contributed by atoms with Gasteiger partial charge in [-0.1, -0.05) is 29.4 Å². The smallest absolute Gasteiger partial charge is 0.129 e. The van der Waals surface area contributed by atoms with Gasteiger partial charge in [0.15, 0.2) is 0 Å². The van der Waals surface area contributed by atoms with Crippen LogP contribution in [0.2, 0.25) is 0 Å². The van der Waals surface area contributed by atoms with Gasteiger partial charge in [0.25, 0.3) is 0 Å². The van der Waals surface area contributed by atoms with Gasteiger partial charge in [-0.05, 0) is 54.0 Å². The van der Waals surface area contributed by atoms with Crippen molar-refractivity contribution in [1.82, 2.24) is 4.98 Å². The van der Waals surface area contributed by atoms with Gasteiger partial charge >= 0.3 is 0 Å². The predicted molar refractivity (Wildman–Crippen MR) is 124 cm³/mol. The zero-order chi connectivity index (χ0) is 22.1. The number of nitrogen functional groups attached to an aromatic ring is 1. The minimum absolute atomic E-state index is 0. The van der Waals surface area contributed by atoms with E-state index >= 15 is 0 Å². The highest BCUT2D eigenvalue weighted by Crippen LogP contribution is 2.26. The monoisotopic (exact) mass is 550 g/mol. The molecule has 0 unspecified atom stereocenters. The molecule has 3 rings (SSSR count). The Morgan fingerprint density at radius 2 is 1.60 bits per heavy atom. The summed E-state index contributed by atoms with van der Waals surface area (Å²) in [6.07, 6.45) is 0.714. The molecule has 0 aliphatic heterocycles. The van der Waals surface area contributed by atoms with Crippen LogP contribution in [0.15, 0.2) is 45.5 Å². The summed E-state index contributed by atoms with van der Waals surface area (Å²) in [5, 5.41) is 25.0. The Balaban J connectivity index is 0.000000444. The summed E-state index contributed by atoms with van der Waals surface area (Å²) < 4.78 is 27.4. The number of anilines is 1. The topological polar surface area (TPSA) is 99.6 Å². The molecule has 0 aliphatic rings. The summed E-state index contributed by atoms with van der Waals surface area (Å²) in [6.45, 7) is 2.65. The minimum atomic E-state index is -0.954. The number of pyridine rings is 1. The normalized spacial score (nSPS) is 9.93. The summed E-state index contributed by atoms with van der Waals surface area (Å²) in [7, 11) is 0. The second-order valence-corrected chi connectivity index (χ2v) is 7.76. The molecule has 0 amide bonds. The molecule has 3 aromatic rings. The summed E-state index contributed by atoms with van der Waals surface area (Å²) >= 11 is 6.43. The van der Waals surface area contributed by atoms with E-state index in [0.29, 0.717) is 21.3 Å². The van der Waals surface area contributed by atoms with E-state index in [1.807, 2.05) is 12.1 Å². The molecule has 0 saturated carbocycles. The van der Waals surface area contributed by atoms with Gasteiger partial charge in [0, 0.05) is 37.3 Å². The number of nitrogens with two attached hydrogens (primary N) is 1. The summed E-state index contributed by atoms with van der Waals surface area (Å²) in [5.74, 6) is -0.495. The number of hydrogen-bond donors (Lipinski definition) is 4. The van der Waals surface area contributed by atoms with Crippen molar-refractivity contribution in [2.24, 2.45) is 0 Å². The number of hydrogen-bond acceptors (Lipinski definition) is 5. The van der Waals surface area contributed by atoms with Crippen LogP contribution in [-0.2, 0) is 0 Å². The lowest BCUT2D eigenvalue weighted by Crippen LogP contribution is -2.15. The van der Waals surface area contributed by atoms with E-state index in [2.05, 4.69) is 36.8 Å². The first-order valence-electron chi connectivity index (χ1n) is 8.42. The van der Waals surface area contributed by atoms with Crippen LogP contribution < -0.4 is 5.73 Å². The van der Waals surface area contributed by atoms with Crippen LogP contribution >= 0.6 is 31.9 Å². The maximum absolute atomic E-state index is 13.2. The van der Waals surface area contributed by atoms with Gasteiger partial charge in [0.2, 0.25) is 0 Å². The van der Waals surface area contributed by atoms with Gasteiger partial charge < -0.3 is 21.1 Å². The molecule has 5 nitrogen and oxygen atoms in total. The maximum atomic E-state index is 13.2. The lowest BCUT2D eigenvalue weighted by Gasteiger charge is -2.03. The van der Waals surface area contributed by atoms with Gasteiger partial charge in [-0.25, -0.2) is 8.78 Å². The Kier molecular flexibility index (Phi) is 12.9. The molecular weight excluding hydrogens is 526 g/mol. The molecule has 0 radical (unpaired) electrons. The first-order valence-corrected chi connectivity index (χ1v) is 10.0. The number of aryl methyl sites for hydroxylation is 1. The number of benzene rings is 2. The zero-order valence-corrected chi connectivity index (χ0v) is 19.0. The fourth-order valence-corrected chi connectivity index (χ4v) is 3.00. The highest BCUT2D eigenvalue weighted by Gasteiger charge is 2.07. The molecule has 5 N–H and O–H groups in total. The van der Waals surface area contributed by atoms with Crippen LogP contribution in [-0.4, -0.2) is 39.6 Å². The number of halogens is 4. The van der Waals surface area contributed by atoms with Crippen molar-refractivity contribution in [1.29, 1.82) is 0 Å². The molecule has 1 aromatic heterocycles. The maximum Gasteiger partial charge on any atom is 0.129 e. The SMILES string of the molecule is C.Cc1c(F)cc(Br)c2cccnc12.Cc1c(N)cc(Br)cc1F.OCC(O)CO. The van der Waals surface area contributed by atoms with E-state index in [1.54, 1.807) is 26.1 Å². The molecule has 0 saturated heterocycles. The van der Waals surface area contributed by atoms with Crippen LogP contribution in [0.5, 0.6) is 0 Å². The largest absolute Gasteiger partial charge is 0.398 e. The van der Waals surface area contributed by atoms with Crippen LogP contribution in [0, 0.1) is 25.5 Å². The number of aliphatic hydroxyl groups is 3. The summed E-state index contributed by atoms with van der Waals surface area (Å²) in [5.41, 5.74) is 7.75. The summed E-state index contributed by atoms with van der Waals surface area (Å²) in [6, 6.07) is 8.30. The molecule has 30 heavy (non-hydrogen) atoms. The van der Waals surface area contributed by atoms with E-state index in [1.165, 1.54) is 12.1 Å². The van der Waals surface area contributed by atoms with Crippen molar-refractivity contribution in [2.75, 3.05) is 18.9 Å².